The van der Waals surface area contributed by atoms with Crippen molar-refractivity contribution in [1.29, 1.82) is 0 Å². The number of fused-ring (bicyclic) bond motifs is 1. The van der Waals surface area contributed by atoms with E-state index in [0.29, 0.717) is 0 Å². The first kappa shape index (κ1) is 11.5. The van der Waals surface area contributed by atoms with Crippen LogP contribution in [0.15, 0.2) is 71.5 Å². The summed E-state index contributed by atoms with van der Waals surface area (Å²) in [4.78, 5) is 6.37. The zero-order valence-electron chi connectivity index (χ0n) is 10.7. The molecule has 1 aliphatic heterocycles. The molecular formula is C16H14N2O. The lowest BCUT2D eigenvalue weighted by Crippen LogP contribution is -2.13. The van der Waals surface area contributed by atoms with Crippen molar-refractivity contribution in [2.24, 2.45) is 4.99 Å². The highest BCUT2D eigenvalue weighted by atomic mass is 16.5. The SMILES string of the molecule is CN1/C(=C/C=Nc2ccccc2)Oc2ccccc21. The minimum absolute atomic E-state index is 0.779. The highest BCUT2D eigenvalue weighted by Crippen LogP contribution is 2.36. The monoisotopic (exact) mass is 250 g/mol. The number of rotatable bonds is 2. The number of nitrogens with zero attached hydrogens (tertiary/aromatic N) is 2. The summed E-state index contributed by atoms with van der Waals surface area (Å²) in [5.74, 6) is 1.66. The predicted octanol–water partition coefficient (Wildman–Crippen LogP) is 3.76. The van der Waals surface area contributed by atoms with E-state index < -0.39 is 0 Å². The molecule has 0 saturated carbocycles. The van der Waals surface area contributed by atoms with E-state index >= 15 is 0 Å². The second-order valence-corrected chi connectivity index (χ2v) is 4.25. The summed E-state index contributed by atoms with van der Waals surface area (Å²) in [5.41, 5.74) is 2.00. The van der Waals surface area contributed by atoms with Crippen molar-refractivity contribution in [3.05, 3.63) is 66.6 Å². The van der Waals surface area contributed by atoms with E-state index in [1.54, 1.807) is 6.21 Å². The lowest BCUT2D eigenvalue weighted by molar-refractivity contribution is 0.445. The molecule has 0 aromatic heterocycles. The van der Waals surface area contributed by atoms with Crippen LogP contribution in [0.1, 0.15) is 0 Å². The predicted molar refractivity (Wildman–Crippen MR) is 78.2 cm³/mol. The van der Waals surface area contributed by atoms with Crippen LogP contribution < -0.4 is 9.64 Å². The lowest BCUT2D eigenvalue weighted by atomic mass is 10.3. The zero-order chi connectivity index (χ0) is 13.1. The van der Waals surface area contributed by atoms with Crippen LogP contribution in [0.3, 0.4) is 0 Å². The van der Waals surface area contributed by atoms with Gasteiger partial charge in [0.15, 0.2) is 5.75 Å². The number of aliphatic imine (C=N–C) groups is 1. The van der Waals surface area contributed by atoms with Crippen molar-refractivity contribution in [3.63, 3.8) is 0 Å². The minimum atomic E-state index is 0.779. The molecule has 3 rings (SSSR count). The van der Waals surface area contributed by atoms with Crippen molar-refractivity contribution in [2.75, 3.05) is 11.9 Å². The number of hydrogen-bond donors (Lipinski definition) is 0. The fraction of sp³-hybridized carbons (Fsp3) is 0.0625. The van der Waals surface area contributed by atoms with Gasteiger partial charge in [-0.05, 0) is 24.3 Å². The molecule has 0 saturated heterocycles. The molecule has 94 valence electrons. The Labute approximate surface area is 112 Å². The van der Waals surface area contributed by atoms with Gasteiger partial charge in [-0.1, -0.05) is 30.3 Å². The molecule has 19 heavy (non-hydrogen) atoms. The minimum Gasteiger partial charge on any atom is -0.439 e. The van der Waals surface area contributed by atoms with Gasteiger partial charge in [-0.2, -0.15) is 0 Å². The number of ether oxygens (including phenoxy) is 1. The molecule has 0 atom stereocenters. The Kier molecular flexibility index (Phi) is 3.02. The first-order chi connectivity index (χ1) is 9.34. The number of para-hydroxylation sites is 3. The van der Waals surface area contributed by atoms with Gasteiger partial charge >= 0.3 is 0 Å². The summed E-state index contributed by atoms with van der Waals surface area (Å²) in [5, 5.41) is 0. The normalized spacial score (nSPS) is 15.8. The van der Waals surface area contributed by atoms with Crippen molar-refractivity contribution in [1.82, 2.24) is 0 Å². The van der Waals surface area contributed by atoms with Crippen molar-refractivity contribution >= 4 is 17.6 Å². The zero-order valence-corrected chi connectivity index (χ0v) is 10.7. The summed E-state index contributed by atoms with van der Waals surface area (Å²) in [7, 11) is 1.98. The third kappa shape index (κ3) is 2.36. The molecule has 3 nitrogen and oxygen atoms in total. The molecule has 1 heterocycles. The largest absolute Gasteiger partial charge is 0.439 e. The van der Waals surface area contributed by atoms with Crippen LogP contribution >= 0.6 is 0 Å². The van der Waals surface area contributed by atoms with Crippen LogP contribution in [0.2, 0.25) is 0 Å². The van der Waals surface area contributed by atoms with Gasteiger partial charge in [0.05, 0.1) is 11.4 Å². The molecule has 0 spiro atoms. The lowest BCUT2D eigenvalue weighted by Gasteiger charge is -2.09. The van der Waals surface area contributed by atoms with Crippen LogP contribution in [0.4, 0.5) is 11.4 Å². The first-order valence-electron chi connectivity index (χ1n) is 6.14. The summed E-state index contributed by atoms with van der Waals surface area (Å²) in [6.45, 7) is 0. The second-order valence-electron chi connectivity index (χ2n) is 4.25. The Bertz CT molecular complexity index is 632. The Morgan fingerprint density at radius 3 is 2.53 bits per heavy atom. The van der Waals surface area contributed by atoms with E-state index in [-0.39, 0.29) is 0 Å². The highest BCUT2D eigenvalue weighted by Gasteiger charge is 2.21. The Hall–Kier alpha value is -2.55. The maximum atomic E-state index is 5.75. The van der Waals surface area contributed by atoms with Crippen LogP contribution in [-0.4, -0.2) is 13.3 Å². The Morgan fingerprint density at radius 2 is 1.74 bits per heavy atom. The van der Waals surface area contributed by atoms with Gasteiger partial charge in [0.2, 0.25) is 5.88 Å². The van der Waals surface area contributed by atoms with E-state index in [0.717, 1.165) is 23.0 Å². The number of benzene rings is 2. The molecule has 3 heteroatoms. The summed E-state index contributed by atoms with van der Waals surface area (Å²) in [6, 6.07) is 17.8. The molecule has 1 aliphatic rings. The van der Waals surface area contributed by atoms with Crippen molar-refractivity contribution in [3.8, 4) is 5.75 Å². The molecule has 0 bridgehead atoms. The van der Waals surface area contributed by atoms with Crippen LogP contribution in [0, 0.1) is 0 Å². The molecule has 0 N–H and O–H groups in total. The fourth-order valence-corrected chi connectivity index (χ4v) is 1.97. The third-order valence-electron chi connectivity index (χ3n) is 2.97. The van der Waals surface area contributed by atoms with Crippen LogP contribution in [-0.2, 0) is 0 Å². The van der Waals surface area contributed by atoms with E-state index in [2.05, 4.69) is 4.99 Å². The topological polar surface area (TPSA) is 24.8 Å². The van der Waals surface area contributed by atoms with Crippen molar-refractivity contribution < 1.29 is 4.74 Å². The molecule has 2 aromatic carbocycles. The van der Waals surface area contributed by atoms with Gasteiger partial charge in [-0.25, -0.2) is 0 Å². The van der Waals surface area contributed by atoms with Gasteiger partial charge in [0.25, 0.3) is 0 Å². The number of hydrogen-bond acceptors (Lipinski definition) is 3. The first-order valence-corrected chi connectivity index (χ1v) is 6.14. The molecule has 0 aliphatic carbocycles. The average Bonchev–Trinajstić information content (AvgIpc) is 2.78. The Morgan fingerprint density at radius 1 is 1.00 bits per heavy atom. The molecule has 0 amide bonds. The van der Waals surface area contributed by atoms with Gasteiger partial charge in [-0.15, -0.1) is 0 Å². The maximum absolute atomic E-state index is 5.75. The van der Waals surface area contributed by atoms with Crippen LogP contribution in [0.5, 0.6) is 5.75 Å². The highest BCUT2D eigenvalue weighted by molar-refractivity contribution is 5.78. The summed E-state index contributed by atoms with van der Waals surface area (Å²) >= 11 is 0. The molecule has 0 radical (unpaired) electrons. The van der Waals surface area contributed by atoms with Gasteiger partial charge in [0.1, 0.15) is 0 Å². The number of allylic oxidation sites excluding steroid dienone is 1. The van der Waals surface area contributed by atoms with Crippen LogP contribution in [0.25, 0.3) is 0 Å². The van der Waals surface area contributed by atoms with Crippen molar-refractivity contribution in [2.45, 2.75) is 0 Å². The number of anilines is 1. The smallest absolute Gasteiger partial charge is 0.201 e. The summed E-state index contributed by atoms with van der Waals surface area (Å²) < 4.78 is 5.75. The van der Waals surface area contributed by atoms with Gasteiger partial charge < -0.3 is 9.64 Å². The van der Waals surface area contributed by atoms with E-state index in [4.69, 9.17) is 4.74 Å². The molecule has 0 unspecified atom stereocenters. The van der Waals surface area contributed by atoms with Gasteiger partial charge in [0, 0.05) is 19.3 Å². The molecule has 0 fully saturated rings. The average molecular weight is 250 g/mol. The second kappa shape index (κ2) is 4.98. The van der Waals surface area contributed by atoms with E-state index in [9.17, 15) is 0 Å². The third-order valence-corrected chi connectivity index (χ3v) is 2.97. The summed E-state index contributed by atoms with van der Waals surface area (Å²) in [6.07, 6.45) is 3.63. The quantitative estimate of drug-likeness (QED) is 0.758. The Balaban J connectivity index is 1.78. The molecule has 2 aromatic rings. The fourth-order valence-electron chi connectivity index (χ4n) is 1.97. The van der Waals surface area contributed by atoms with E-state index in [1.165, 1.54) is 0 Å². The standard InChI is InChI=1S/C16H14N2O/c1-18-14-9-5-6-10-15(14)19-16(18)11-12-17-13-7-3-2-4-8-13/h2-12H,1H3/b16-11-,17-12?. The van der Waals surface area contributed by atoms with E-state index in [1.807, 2.05) is 72.6 Å². The maximum Gasteiger partial charge on any atom is 0.201 e. The van der Waals surface area contributed by atoms with Gasteiger partial charge in [-0.3, -0.25) is 4.99 Å². The molecular weight excluding hydrogens is 236 g/mol.